The molecule has 31 heavy (non-hydrogen) atoms. The monoisotopic (exact) mass is 467 g/mol. The number of oxime groups is 1. The van der Waals surface area contributed by atoms with Crippen molar-refractivity contribution in [1.82, 2.24) is 15.2 Å². The van der Waals surface area contributed by atoms with Crippen LogP contribution in [0.3, 0.4) is 0 Å². The first kappa shape index (κ1) is 23.6. The molecule has 1 aromatic heterocycles. The number of hydrogen-bond acceptors (Lipinski definition) is 8. The Morgan fingerprint density at radius 2 is 2.19 bits per heavy atom. The van der Waals surface area contributed by atoms with E-state index in [1.807, 2.05) is 6.92 Å². The van der Waals surface area contributed by atoms with E-state index >= 15 is 0 Å². The molecule has 3 rings (SSSR count). The van der Waals surface area contributed by atoms with Gasteiger partial charge in [0.25, 0.3) is 11.8 Å². The molecular formula is C20H31N6O3S2+. The molecule has 0 saturated carbocycles. The fourth-order valence-electron chi connectivity index (χ4n) is 4.10. The predicted octanol–water partition coefficient (Wildman–Crippen LogP) is 1.28. The third-order valence-electron chi connectivity index (χ3n) is 5.85. The first-order chi connectivity index (χ1) is 14.8. The summed E-state index contributed by atoms with van der Waals surface area (Å²) in [5, 5.41) is 8.47. The predicted molar refractivity (Wildman–Crippen MR) is 125 cm³/mol. The van der Waals surface area contributed by atoms with Gasteiger partial charge in [0.1, 0.15) is 25.4 Å². The van der Waals surface area contributed by atoms with Crippen molar-refractivity contribution < 1.29 is 18.9 Å². The molecule has 0 unspecified atom stereocenters. The van der Waals surface area contributed by atoms with Gasteiger partial charge in [-0.05, 0) is 13.2 Å². The lowest BCUT2D eigenvalue weighted by atomic mass is 10.0. The number of aromatic nitrogens is 1. The number of nitrogens with one attached hydrogen (secondary N) is 1. The molecule has 9 nitrogen and oxygen atoms in total. The van der Waals surface area contributed by atoms with Gasteiger partial charge >= 0.3 is 0 Å². The molecule has 2 amide bonds. The van der Waals surface area contributed by atoms with Crippen LogP contribution in [0.1, 0.15) is 25.5 Å². The maximum absolute atomic E-state index is 12.8. The molecule has 2 fully saturated rings. The molecule has 0 spiro atoms. The minimum absolute atomic E-state index is 0.00324. The zero-order valence-electron chi connectivity index (χ0n) is 18.5. The van der Waals surface area contributed by atoms with Crippen LogP contribution in [0.15, 0.2) is 21.8 Å². The van der Waals surface area contributed by atoms with Gasteiger partial charge in [-0.3, -0.25) is 9.59 Å². The van der Waals surface area contributed by atoms with Crippen LogP contribution in [0.25, 0.3) is 0 Å². The van der Waals surface area contributed by atoms with Crippen molar-refractivity contribution in [3.63, 3.8) is 0 Å². The van der Waals surface area contributed by atoms with Crippen molar-refractivity contribution in [1.29, 1.82) is 0 Å². The van der Waals surface area contributed by atoms with Crippen LogP contribution in [0, 0.1) is 0 Å². The normalized spacial score (nSPS) is 21.5. The molecular weight excluding hydrogens is 436 g/mol. The number of rotatable bonds is 9. The van der Waals surface area contributed by atoms with Crippen molar-refractivity contribution in [2.75, 3.05) is 58.1 Å². The van der Waals surface area contributed by atoms with Gasteiger partial charge in [0.15, 0.2) is 10.8 Å². The zero-order valence-corrected chi connectivity index (χ0v) is 20.1. The number of carbonyl (C=O) groups is 2. The number of quaternary nitrogens is 1. The van der Waals surface area contributed by atoms with Crippen LogP contribution in [0.4, 0.5) is 5.13 Å². The van der Waals surface area contributed by atoms with Gasteiger partial charge in [0.05, 0.1) is 26.7 Å². The number of likely N-dealkylation sites (tertiary alicyclic amines) is 2. The first-order valence-corrected chi connectivity index (χ1v) is 12.5. The lowest BCUT2D eigenvalue weighted by Gasteiger charge is -2.41. The molecule has 2 aliphatic rings. The first-order valence-electron chi connectivity index (χ1n) is 10.2. The van der Waals surface area contributed by atoms with Gasteiger partial charge < -0.3 is 25.3 Å². The molecule has 0 bridgehead atoms. The Labute approximate surface area is 191 Å². The zero-order chi connectivity index (χ0) is 22.6. The number of β-lactam (4-membered cyclic amide) rings is 1. The number of anilines is 1. The van der Waals surface area contributed by atoms with E-state index in [0.29, 0.717) is 17.4 Å². The summed E-state index contributed by atoms with van der Waals surface area (Å²) in [6.45, 7) is 5.78. The molecule has 11 heteroatoms. The second-order valence-corrected chi connectivity index (χ2v) is 9.98. The van der Waals surface area contributed by atoms with Crippen molar-refractivity contribution in [3.05, 3.63) is 22.3 Å². The van der Waals surface area contributed by atoms with E-state index in [1.165, 1.54) is 50.0 Å². The number of carbonyl (C=O) groups excluding carboxylic acids is 2. The van der Waals surface area contributed by atoms with Gasteiger partial charge in [-0.25, -0.2) is 4.98 Å². The van der Waals surface area contributed by atoms with Crippen molar-refractivity contribution in [3.8, 4) is 0 Å². The maximum atomic E-state index is 12.8. The summed E-state index contributed by atoms with van der Waals surface area (Å²) in [5.41, 5.74) is 8.29. The molecule has 0 aliphatic carbocycles. The topological polar surface area (TPSA) is 110 Å². The number of nitrogen functional groups attached to an aromatic ring is 1. The number of amides is 2. The third-order valence-corrected chi connectivity index (χ3v) is 7.16. The molecule has 3 heterocycles. The Morgan fingerprint density at radius 3 is 2.74 bits per heavy atom. The molecule has 0 aromatic carbocycles. The van der Waals surface area contributed by atoms with E-state index in [1.54, 1.807) is 22.0 Å². The average molecular weight is 468 g/mol. The average Bonchev–Trinajstić information content (AvgIpc) is 3.36. The van der Waals surface area contributed by atoms with Gasteiger partial charge in [-0.15, -0.1) is 11.3 Å². The number of nitrogens with two attached hydrogens (primary N) is 1. The van der Waals surface area contributed by atoms with E-state index in [-0.39, 0.29) is 11.6 Å². The summed E-state index contributed by atoms with van der Waals surface area (Å²) in [6, 6.07) is -0.590. The van der Waals surface area contributed by atoms with Crippen molar-refractivity contribution >= 4 is 45.8 Å². The second-order valence-electron chi connectivity index (χ2n) is 8.22. The highest BCUT2D eigenvalue weighted by Crippen LogP contribution is 2.26. The van der Waals surface area contributed by atoms with E-state index in [4.69, 9.17) is 10.6 Å². The maximum Gasteiger partial charge on any atom is 0.276 e. The summed E-state index contributed by atoms with van der Waals surface area (Å²) >= 11 is 2.98. The van der Waals surface area contributed by atoms with Crippen molar-refractivity contribution in [2.24, 2.45) is 5.16 Å². The molecule has 1 aromatic rings. The molecule has 3 N–H and O–H groups in total. The smallest absolute Gasteiger partial charge is 0.276 e. The van der Waals surface area contributed by atoms with Crippen LogP contribution < -0.4 is 11.1 Å². The Bertz CT molecular complexity index is 891. The lowest BCUT2D eigenvalue weighted by Crippen LogP contribution is -2.64. The van der Waals surface area contributed by atoms with Gasteiger partial charge in [-0.2, -0.15) is 11.8 Å². The summed E-state index contributed by atoms with van der Waals surface area (Å²) in [6.07, 6.45) is 4.60. The Kier molecular flexibility index (Phi) is 7.60. The second kappa shape index (κ2) is 10.0. The Hall–Kier alpha value is -2.11. The lowest BCUT2D eigenvalue weighted by molar-refractivity contribution is -0.893. The third kappa shape index (κ3) is 5.39. The Balaban J connectivity index is 1.67. The fraction of sp³-hybridized carbons (Fsp3) is 0.600. The number of hydrogen-bond donors (Lipinski definition) is 2. The van der Waals surface area contributed by atoms with Crippen LogP contribution in [-0.4, -0.2) is 90.3 Å². The minimum Gasteiger partial charge on any atom is -0.398 e. The molecule has 170 valence electrons. The van der Waals surface area contributed by atoms with E-state index in [9.17, 15) is 9.59 Å². The van der Waals surface area contributed by atoms with Gasteiger partial charge in [-0.1, -0.05) is 5.16 Å². The molecule has 1 atom stereocenters. The summed E-state index contributed by atoms with van der Waals surface area (Å²) in [5.74, 6) is 0.283. The molecule has 2 saturated heterocycles. The highest BCUT2D eigenvalue weighted by molar-refractivity contribution is 7.98. The highest BCUT2D eigenvalue weighted by atomic mass is 32.2. The molecule has 0 radical (unpaired) electrons. The number of thioether (sulfide) groups is 1. The number of likely N-dealkylation sites (N-methyl/N-ethyl adjacent to an activating group) is 1. The standard InChI is InChI=1S/C20H30N6O3S2/c1-13(14(11-30-4)10-26(2)7-5-6-8-26)25-9-15(19(25)28)22-18(27)17(24-29-3)16-12-31-20(21)23-16/h12,15H,5-11H2,1-4H3,(H2-,21,22,23,27)/p+1/b14-13-,24-17-/t15-/m0/s1. The number of thiazole rings is 1. The van der Waals surface area contributed by atoms with Gasteiger partial charge in [0, 0.05) is 35.2 Å². The molecule has 2 aliphatic heterocycles. The van der Waals surface area contributed by atoms with E-state index < -0.39 is 11.9 Å². The number of nitrogens with zero attached hydrogens (tertiary/aromatic N) is 4. The van der Waals surface area contributed by atoms with E-state index in [0.717, 1.165) is 22.5 Å². The Morgan fingerprint density at radius 1 is 1.48 bits per heavy atom. The number of allylic oxidation sites excluding steroid dienone is 1. The van der Waals surface area contributed by atoms with Crippen LogP contribution >= 0.6 is 23.1 Å². The van der Waals surface area contributed by atoms with Gasteiger partial charge in [0.2, 0.25) is 0 Å². The summed E-state index contributed by atoms with van der Waals surface area (Å²) in [4.78, 5) is 36.2. The summed E-state index contributed by atoms with van der Waals surface area (Å²) in [7, 11) is 3.65. The van der Waals surface area contributed by atoms with Crippen LogP contribution in [0.5, 0.6) is 0 Å². The SMILES string of the molecule is CO/N=C(\C(=O)N[C@H]1CN(/C(C)=C(\CSC)C[N+]2(C)CCCC2)C1=O)c1csc(N)n1. The van der Waals surface area contributed by atoms with Crippen LogP contribution in [-0.2, 0) is 14.4 Å². The summed E-state index contributed by atoms with van der Waals surface area (Å²) < 4.78 is 1.03. The quantitative estimate of drug-likeness (QED) is 0.245. The van der Waals surface area contributed by atoms with Crippen molar-refractivity contribution in [2.45, 2.75) is 25.8 Å². The van der Waals surface area contributed by atoms with Crippen LogP contribution in [0.2, 0.25) is 0 Å². The minimum atomic E-state index is -0.590. The largest absolute Gasteiger partial charge is 0.398 e. The fourth-order valence-corrected chi connectivity index (χ4v) is 5.30. The van der Waals surface area contributed by atoms with E-state index in [2.05, 4.69) is 28.8 Å². The highest BCUT2D eigenvalue weighted by Gasteiger charge is 2.41.